The second kappa shape index (κ2) is 8.68. The number of nitro benzene ring substituents is 1. The Bertz CT molecular complexity index is 1020. The summed E-state index contributed by atoms with van der Waals surface area (Å²) in [4.78, 5) is 22.9. The van der Waals surface area contributed by atoms with Crippen molar-refractivity contribution in [1.29, 1.82) is 0 Å². The van der Waals surface area contributed by atoms with Crippen molar-refractivity contribution in [1.82, 2.24) is 5.32 Å². The molecule has 8 nitrogen and oxygen atoms in total. The van der Waals surface area contributed by atoms with Crippen LogP contribution in [-0.2, 0) is 4.79 Å². The van der Waals surface area contributed by atoms with E-state index in [4.69, 9.17) is 16.3 Å². The van der Waals surface area contributed by atoms with Crippen LogP contribution in [0, 0.1) is 10.1 Å². The fourth-order valence-corrected chi connectivity index (χ4v) is 3.19. The molecule has 0 aromatic heterocycles. The summed E-state index contributed by atoms with van der Waals surface area (Å²) in [5.74, 6) is 0.446. The number of nitrogens with one attached hydrogen (secondary N) is 1. The van der Waals surface area contributed by atoms with Gasteiger partial charge in [0.1, 0.15) is 10.8 Å². The maximum Gasteiger partial charge on any atom is 0.288 e. The molecule has 28 heavy (non-hydrogen) atoms. The molecule has 10 heteroatoms. The van der Waals surface area contributed by atoms with Gasteiger partial charge in [0.25, 0.3) is 11.6 Å². The third-order valence-corrected chi connectivity index (χ3v) is 4.81. The zero-order chi connectivity index (χ0) is 20.1. The highest BCUT2D eigenvalue weighted by Crippen LogP contribution is 2.27. The average molecular weight is 417 g/mol. The van der Waals surface area contributed by atoms with E-state index in [2.05, 4.69) is 15.5 Å². The molecule has 1 amide bonds. The van der Waals surface area contributed by atoms with E-state index >= 15 is 0 Å². The number of carbonyl (C=O) groups excluding carboxylic acids is 1. The number of thioether (sulfide) groups is 1. The molecule has 0 saturated carbocycles. The molecule has 1 aliphatic heterocycles. The lowest BCUT2D eigenvalue weighted by atomic mass is 10.2. The van der Waals surface area contributed by atoms with Crippen molar-refractivity contribution >= 4 is 52.4 Å². The fourth-order valence-electron chi connectivity index (χ4n) is 2.22. The van der Waals surface area contributed by atoms with Gasteiger partial charge in [-0.3, -0.25) is 20.2 Å². The Hall–Kier alpha value is -3.17. The molecule has 0 spiro atoms. The molecule has 1 N–H and O–H groups in total. The number of halogens is 1. The Labute approximate surface area is 169 Å². The highest BCUT2D eigenvalue weighted by molar-refractivity contribution is 8.18. The van der Waals surface area contributed by atoms with Gasteiger partial charge in [-0.05, 0) is 41.6 Å². The lowest BCUT2D eigenvalue weighted by molar-refractivity contribution is -0.384. The predicted octanol–water partition coefficient (Wildman–Crippen LogP) is 3.85. The van der Waals surface area contributed by atoms with E-state index < -0.39 is 4.92 Å². The maximum atomic E-state index is 12.1. The zero-order valence-electron chi connectivity index (χ0n) is 14.5. The summed E-state index contributed by atoms with van der Waals surface area (Å²) in [6, 6.07) is 11.6. The van der Waals surface area contributed by atoms with Gasteiger partial charge >= 0.3 is 0 Å². The quantitative estimate of drug-likeness (QED) is 0.345. The number of benzene rings is 2. The second-order valence-corrected chi connectivity index (χ2v) is 6.89. The van der Waals surface area contributed by atoms with E-state index in [1.54, 1.807) is 31.4 Å². The molecule has 1 heterocycles. The minimum Gasteiger partial charge on any atom is -0.497 e. The van der Waals surface area contributed by atoms with Gasteiger partial charge in [-0.15, -0.1) is 5.10 Å². The highest BCUT2D eigenvalue weighted by atomic mass is 35.5. The van der Waals surface area contributed by atoms with Gasteiger partial charge in [0.15, 0.2) is 5.17 Å². The van der Waals surface area contributed by atoms with Crippen LogP contribution >= 0.6 is 23.4 Å². The number of amidine groups is 1. The highest BCUT2D eigenvalue weighted by Gasteiger charge is 2.23. The van der Waals surface area contributed by atoms with Crippen molar-refractivity contribution in [3.63, 3.8) is 0 Å². The largest absolute Gasteiger partial charge is 0.497 e. The number of rotatable bonds is 5. The molecule has 2 aromatic rings. The molecule has 0 unspecified atom stereocenters. The number of carbonyl (C=O) groups is 1. The van der Waals surface area contributed by atoms with E-state index in [1.165, 1.54) is 18.3 Å². The Morgan fingerprint density at radius 2 is 1.93 bits per heavy atom. The summed E-state index contributed by atoms with van der Waals surface area (Å²) in [7, 11) is 1.58. The molecule has 0 aliphatic carbocycles. The van der Waals surface area contributed by atoms with Gasteiger partial charge in [0, 0.05) is 11.6 Å². The monoisotopic (exact) mass is 416 g/mol. The lowest BCUT2D eigenvalue weighted by Crippen LogP contribution is -2.19. The van der Waals surface area contributed by atoms with Crippen LogP contribution in [-0.4, -0.2) is 29.3 Å². The zero-order valence-corrected chi connectivity index (χ0v) is 16.0. The van der Waals surface area contributed by atoms with Gasteiger partial charge in [-0.25, -0.2) is 0 Å². The third-order valence-electron chi connectivity index (χ3n) is 3.59. The average Bonchev–Trinajstić information content (AvgIpc) is 3.02. The van der Waals surface area contributed by atoms with E-state index in [0.29, 0.717) is 15.6 Å². The molecular weight excluding hydrogens is 404 g/mol. The fraction of sp³-hybridized carbons (Fsp3) is 0.0556. The standard InChI is InChI=1S/C18H13ClN4O4S/c1-27-13-5-2-11(3-6-13)9-16-17(24)21-18(28-16)22-20-10-12-4-7-14(19)15(8-12)23(25)26/h2-10H,1H3,(H,21,22,24). The molecule has 2 aromatic carbocycles. The Balaban J connectivity index is 1.71. The van der Waals surface area contributed by atoms with E-state index in [-0.39, 0.29) is 16.6 Å². The van der Waals surface area contributed by atoms with Crippen LogP contribution in [0.25, 0.3) is 6.08 Å². The lowest BCUT2D eigenvalue weighted by Gasteiger charge is -1.99. The topological polar surface area (TPSA) is 106 Å². The van der Waals surface area contributed by atoms with Crippen LogP contribution in [0.4, 0.5) is 5.69 Å². The first-order valence-electron chi connectivity index (χ1n) is 7.86. The van der Waals surface area contributed by atoms with Gasteiger partial charge in [-0.1, -0.05) is 29.8 Å². The molecule has 0 bridgehead atoms. The summed E-state index contributed by atoms with van der Waals surface area (Å²) in [6.45, 7) is 0. The number of hydrogen-bond acceptors (Lipinski definition) is 7. The first-order valence-corrected chi connectivity index (χ1v) is 9.05. The van der Waals surface area contributed by atoms with Crippen molar-refractivity contribution in [2.45, 2.75) is 0 Å². The van der Waals surface area contributed by atoms with E-state index in [9.17, 15) is 14.9 Å². The molecular formula is C18H13ClN4O4S. The maximum absolute atomic E-state index is 12.1. The number of amides is 1. The summed E-state index contributed by atoms with van der Waals surface area (Å²) >= 11 is 6.91. The number of hydrogen-bond donors (Lipinski definition) is 1. The molecule has 0 atom stereocenters. The minimum atomic E-state index is -0.575. The molecule has 0 radical (unpaired) electrons. The van der Waals surface area contributed by atoms with E-state index in [0.717, 1.165) is 23.1 Å². The van der Waals surface area contributed by atoms with Crippen LogP contribution in [0.5, 0.6) is 5.75 Å². The second-order valence-electron chi connectivity index (χ2n) is 5.46. The summed E-state index contributed by atoms with van der Waals surface area (Å²) < 4.78 is 5.10. The van der Waals surface area contributed by atoms with Gasteiger partial charge in [0.05, 0.1) is 23.2 Å². The van der Waals surface area contributed by atoms with Gasteiger partial charge in [0.2, 0.25) is 0 Å². The first-order chi connectivity index (χ1) is 13.5. The minimum absolute atomic E-state index is 0.0420. The van der Waals surface area contributed by atoms with Crippen molar-refractivity contribution < 1.29 is 14.5 Å². The number of nitrogens with zero attached hydrogens (tertiary/aromatic N) is 3. The Morgan fingerprint density at radius 3 is 2.61 bits per heavy atom. The summed E-state index contributed by atoms with van der Waals surface area (Å²) in [5.41, 5.74) is 1.09. The first kappa shape index (κ1) is 19.6. The third kappa shape index (κ3) is 4.76. The summed E-state index contributed by atoms with van der Waals surface area (Å²) in [6.07, 6.45) is 3.07. The van der Waals surface area contributed by atoms with Crippen molar-refractivity contribution in [3.05, 3.63) is 73.6 Å². The predicted molar refractivity (Wildman–Crippen MR) is 110 cm³/mol. The SMILES string of the molecule is COc1ccc(C=C2S/C(=N/N=Cc3ccc(Cl)c([N+](=O)[O-])c3)NC2=O)cc1. The van der Waals surface area contributed by atoms with E-state index in [1.807, 2.05) is 12.1 Å². The number of ether oxygens (including phenoxy) is 1. The van der Waals surface area contributed by atoms with Crippen LogP contribution in [0.1, 0.15) is 11.1 Å². The van der Waals surface area contributed by atoms with Crippen molar-refractivity contribution in [3.8, 4) is 5.75 Å². The molecule has 3 rings (SSSR count). The summed E-state index contributed by atoms with van der Waals surface area (Å²) in [5, 5.41) is 21.7. The molecule has 142 valence electrons. The van der Waals surface area contributed by atoms with Crippen LogP contribution in [0.3, 0.4) is 0 Å². The smallest absolute Gasteiger partial charge is 0.288 e. The molecule has 1 aliphatic rings. The van der Waals surface area contributed by atoms with Crippen LogP contribution in [0.15, 0.2) is 57.6 Å². The normalized spacial score (nSPS) is 16.7. The number of nitro groups is 1. The Kier molecular flexibility index (Phi) is 6.07. The molecule has 1 fully saturated rings. The number of methoxy groups -OCH3 is 1. The van der Waals surface area contributed by atoms with Crippen LogP contribution in [0.2, 0.25) is 5.02 Å². The molecule has 1 saturated heterocycles. The van der Waals surface area contributed by atoms with Gasteiger partial charge < -0.3 is 4.74 Å². The van der Waals surface area contributed by atoms with Crippen molar-refractivity contribution in [2.24, 2.45) is 10.2 Å². The Morgan fingerprint density at radius 1 is 1.21 bits per heavy atom. The van der Waals surface area contributed by atoms with Crippen molar-refractivity contribution in [2.75, 3.05) is 7.11 Å². The van der Waals surface area contributed by atoms with Gasteiger partial charge in [-0.2, -0.15) is 5.10 Å². The van der Waals surface area contributed by atoms with Crippen LogP contribution < -0.4 is 10.1 Å².